The van der Waals surface area contributed by atoms with Crippen LogP contribution in [0.2, 0.25) is 5.02 Å². The standard InChI is InChI=1S/C23H31ClN2O2/c1-3-26-13-7-9-20(26)16-25-15-18-11-12-22(23(14-18)27-4-2)28-17-19-8-5-6-10-21(19)24/h5-6,8,10-12,14,20,25H,3-4,7,9,13,15-17H2,1-2H3/t20-/m0/s1. The van der Waals surface area contributed by atoms with E-state index in [0.717, 1.165) is 36.7 Å². The van der Waals surface area contributed by atoms with Gasteiger partial charge in [0.15, 0.2) is 11.5 Å². The number of ether oxygens (including phenoxy) is 2. The fourth-order valence-corrected chi connectivity index (χ4v) is 3.94. The van der Waals surface area contributed by atoms with Gasteiger partial charge in [0, 0.05) is 29.7 Å². The molecule has 0 unspecified atom stereocenters. The second-order valence-corrected chi connectivity index (χ2v) is 7.56. The second kappa shape index (κ2) is 10.7. The Bertz CT molecular complexity index is 753. The monoisotopic (exact) mass is 402 g/mol. The lowest BCUT2D eigenvalue weighted by Gasteiger charge is -2.23. The molecule has 5 heteroatoms. The number of rotatable bonds is 10. The van der Waals surface area contributed by atoms with Gasteiger partial charge < -0.3 is 14.8 Å². The first kappa shape index (κ1) is 21.0. The maximum absolute atomic E-state index is 6.23. The smallest absolute Gasteiger partial charge is 0.161 e. The number of halogens is 1. The molecule has 152 valence electrons. The molecule has 28 heavy (non-hydrogen) atoms. The Kier molecular flexibility index (Phi) is 8.01. The topological polar surface area (TPSA) is 33.7 Å². The fourth-order valence-electron chi connectivity index (χ4n) is 3.75. The molecule has 1 heterocycles. The molecule has 0 aromatic heterocycles. The lowest BCUT2D eigenvalue weighted by molar-refractivity contribution is 0.259. The molecule has 0 radical (unpaired) electrons. The minimum atomic E-state index is 0.422. The van der Waals surface area contributed by atoms with Crippen molar-refractivity contribution in [3.63, 3.8) is 0 Å². The number of hydrogen-bond acceptors (Lipinski definition) is 4. The highest BCUT2D eigenvalue weighted by molar-refractivity contribution is 6.31. The SMILES string of the molecule is CCOc1cc(CNC[C@@H]2CCCN2CC)ccc1OCc1ccccc1Cl. The van der Waals surface area contributed by atoms with Crippen molar-refractivity contribution in [2.24, 2.45) is 0 Å². The third kappa shape index (κ3) is 5.63. The molecule has 1 fully saturated rings. The Hall–Kier alpha value is -1.75. The molecule has 3 rings (SSSR count). The van der Waals surface area contributed by atoms with Crippen LogP contribution in [0.15, 0.2) is 42.5 Å². The molecule has 1 aliphatic rings. The van der Waals surface area contributed by atoms with E-state index in [4.69, 9.17) is 21.1 Å². The molecule has 4 nitrogen and oxygen atoms in total. The van der Waals surface area contributed by atoms with Crippen molar-refractivity contribution in [2.45, 2.75) is 45.9 Å². The maximum Gasteiger partial charge on any atom is 0.161 e. The first-order valence-electron chi connectivity index (χ1n) is 10.3. The molecular formula is C23H31ClN2O2. The van der Waals surface area contributed by atoms with Gasteiger partial charge in [0.1, 0.15) is 6.61 Å². The molecule has 1 aliphatic heterocycles. The summed E-state index contributed by atoms with van der Waals surface area (Å²) in [5, 5.41) is 4.32. The van der Waals surface area contributed by atoms with Gasteiger partial charge in [-0.15, -0.1) is 0 Å². The van der Waals surface area contributed by atoms with E-state index in [-0.39, 0.29) is 0 Å². The van der Waals surface area contributed by atoms with Crippen molar-refractivity contribution in [3.05, 3.63) is 58.6 Å². The van der Waals surface area contributed by atoms with Gasteiger partial charge in [0.25, 0.3) is 0 Å². The number of nitrogens with zero attached hydrogens (tertiary/aromatic N) is 1. The van der Waals surface area contributed by atoms with Crippen molar-refractivity contribution in [3.8, 4) is 11.5 Å². The van der Waals surface area contributed by atoms with Crippen LogP contribution in [0.1, 0.15) is 37.8 Å². The molecule has 2 aromatic rings. The molecule has 1 N–H and O–H groups in total. The second-order valence-electron chi connectivity index (χ2n) is 7.15. The van der Waals surface area contributed by atoms with Gasteiger partial charge in [0.2, 0.25) is 0 Å². The average molecular weight is 403 g/mol. The van der Waals surface area contributed by atoms with Crippen LogP contribution in [0.25, 0.3) is 0 Å². The summed E-state index contributed by atoms with van der Waals surface area (Å²) in [6.45, 7) is 9.49. The molecule has 0 bridgehead atoms. The summed E-state index contributed by atoms with van der Waals surface area (Å²) in [5.41, 5.74) is 2.17. The third-order valence-corrected chi connectivity index (χ3v) is 5.63. The summed E-state index contributed by atoms with van der Waals surface area (Å²) in [6.07, 6.45) is 2.60. The van der Waals surface area contributed by atoms with Gasteiger partial charge in [-0.05, 0) is 56.6 Å². The van der Waals surface area contributed by atoms with E-state index in [2.05, 4.69) is 29.3 Å². The number of likely N-dealkylation sites (tertiary alicyclic amines) is 1. The van der Waals surface area contributed by atoms with Crippen molar-refractivity contribution in [1.29, 1.82) is 0 Å². The van der Waals surface area contributed by atoms with E-state index in [1.165, 1.54) is 24.9 Å². The summed E-state index contributed by atoms with van der Waals surface area (Å²) >= 11 is 6.23. The van der Waals surface area contributed by atoms with Crippen molar-refractivity contribution in [1.82, 2.24) is 10.2 Å². The summed E-state index contributed by atoms with van der Waals surface area (Å²) in [6, 6.07) is 14.6. The van der Waals surface area contributed by atoms with Crippen LogP contribution in [0.5, 0.6) is 11.5 Å². The molecule has 0 amide bonds. The molecule has 1 saturated heterocycles. The van der Waals surface area contributed by atoms with Crippen molar-refractivity contribution < 1.29 is 9.47 Å². The summed E-state index contributed by atoms with van der Waals surface area (Å²) < 4.78 is 11.8. The molecule has 1 atom stereocenters. The number of likely N-dealkylation sites (N-methyl/N-ethyl adjacent to an activating group) is 1. The van der Waals surface area contributed by atoms with Crippen LogP contribution in [0.4, 0.5) is 0 Å². The third-order valence-electron chi connectivity index (χ3n) is 5.26. The maximum atomic E-state index is 6.23. The Labute approximate surface area is 173 Å². The van der Waals surface area contributed by atoms with Gasteiger partial charge in [-0.3, -0.25) is 4.90 Å². The largest absolute Gasteiger partial charge is 0.490 e. The summed E-state index contributed by atoms with van der Waals surface area (Å²) in [5.74, 6) is 1.53. The Morgan fingerprint density at radius 3 is 2.75 bits per heavy atom. The van der Waals surface area contributed by atoms with Crippen LogP contribution in [-0.4, -0.2) is 37.2 Å². The van der Waals surface area contributed by atoms with Gasteiger partial charge in [-0.25, -0.2) is 0 Å². The lowest BCUT2D eigenvalue weighted by Crippen LogP contribution is -2.37. The van der Waals surface area contributed by atoms with E-state index in [1.807, 2.05) is 37.3 Å². The van der Waals surface area contributed by atoms with Gasteiger partial charge in [0.05, 0.1) is 6.61 Å². The zero-order valence-electron chi connectivity index (χ0n) is 16.9. The van der Waals surface area contributed by atoms with E-state index < -0.39 is 0 Å². The highest BCUT2D eigenvalue weighted by atomic mass is 35.5. The summed E-state index contributed by atoms with van der Waals surface area (Å²) in [7, 11) is 0. The fraction of sp³-hybridized carbons (Fsp3) is 0.478. The number of benzene rings is 2. The predicted octanol–water partition coefficient (Wildman–Crippen LogP) is 4.89. The number of nitrogens with one attached hydrogen (secondary N) is 1. The van der Waals surface area contributed by atoms with Crippen LogP contribution in [0.3, 0.4) is 0 Å². The first-order valence-corrected chi connectivity index (χ1v) is 10.7. The zero-order chi connectivity index (χ0) is 19.8. The van der Waals surface area contributed by atoms with Crippen LogP contribution < -0.4 is 14.8 Å². The molecule has 2 aromatic carbocycles. The van der Waals surface area contributed by atoms with E-state index in [9.17, 15) is 0 Å². The lowest BCUT2D eigenvalue weighted by atomic mass is 10.1. The van der Waals surface area contributed by atoms with E-state index >= 15 is 0 Å². The van der Waals surface area contributed by atoms with Crippen molar-refractivity contribution >= 4 is 11.6 Å². The summed E-state index contributed by atoms with van der Waals surface area (Å²) in [4.78, 5) is 2.56. The predicted molar refractivity (Wildman–Crippen MR) is 115 cm³/mol. The molecular weight excluding hydrogens is 372 g/mol. The molecule has 0 aliphatic carbocycles. The van der Waals surface area contributed by atoms with Gasteiger partial charge in [-0.1, -0.05) is 42.8 Å². The normalized spacial score (nSPS) is 17.0. The first-order chi connectivity index (χ1) is 13.7. The zero-order valence-corrected chi connectivity index (χ0v) is 17.7. The van der Waals surface area contributed by atoms with E-state index in [0.29, 0.717) is 24.3 Å². The average Bonchev–Trinajstić information content (AvgIpc) is 3.16. The molecule has 0 saturated carbocycles. The quantitative estimate of drug-likeness (QED) is 0.613. The Morgan fingerprint density at radius 2 is 1.96 bits per heavy atom. The van der Waals surface area contributed by atoms with E-state index in [1.54, 1.807) is 0 Å². The van der Waals surface area contributed by atoms with Crippen LogP contribution in [-0.2, 0) is 13.2 Å². The number of hydrogen-bond donors (Lipinski definition) is 1. The van der Waals surface area contributed by atoms with Gasteiger partial charge in [-0.2, -0.15) is 0 Å². The minimum absolute atomic E-state index is 0.422. The Morgan fingerprint density at radius 1 is 1.11 bits per heavy atom. The highest BCUT2D eigenvalue weighted by Gasteiger charge is 2.22. The van der Waals surface area contributed by atoms with Crippen molar-refractivity contribution in [2.75, 3.05) is 26.2 Å². The van der Waals surface area contributed by atoms with Crippen LogP contribution >= 0.6 is 11.6 Å². The van der Waals surface area contributed by atoms with Gasteiger partial charge >= 0.3 is 0 Å². The minimum Gasteiger partial charge on any atom is -0.490 e. The highest BCUT2D eigenvalue weighted by Crippen LogP contribution is 2.30. The Balaban J connectivity index is 1.58. The van der Waals surface area contributed by atoms with Crippen LogP contribution in [0, 0.1) is 0 Å². The molecule has 0 spiro atoms.